The number of rotatable bonds is 8. The molecule has 1 aromatic rings. The molecule has 2 fully saturated rings. The van der Waals surface area contributed by atoms with Crippen molar-refractivity contribution in [3.8, 4) is 0 Å². The summed E-state index contributed by atoms with van der Waals surface area (Å²) in [6.07, 6.45) is 4.45. The Balaban J connectivity index is 1.25. The highest BCUT2D eigenvalue weighted by atomic mass is 16.5. The summed E-state index contributed by atoms with van der Waals surface area (Å²) in [5.74, 6) is 2.19. The first-order chi connectivity index (χ1) is 12.4. The second kappa shape index (κ2) is 9.78. The Kier molecular flexibility index (Phi) is 7.12. The first-order valence-electron chi connectivity index (χ1n) is 9.54. The van der Waals surface area contributed by atoms with E-state index in [1.807, 2.05) is 7.05 Å². The number of ether oxygens (including phenoxy) is 2. The topological polar surface area (TPSA) is 54.9 Å². The molecule has 0 spiro atoms. The van der Waals surface area contributed by atoms with E-state index in [0.29, 0.717) is 17.9 Å². The van der Waals surface area contributed by atoms with Crippen LogP contribution < -0.4 is 10.6 Å². The lowest BCUT2D eigenvalue weighted by molar-refractivity contribution is 0.0203. The van der Waals surface area contributed by atoms with Gasteiger partial charge in [0.05, 0.1) is 0 Å². The molecule has 3 rings (SSSR count). The zero-order chi connectivity index (χ0) is 17.3. The zero-order valence-electron chi connectivity index (χ0n) is 15.2. The number of benzene rings is 1. The van der Waals surface area contributed by atoms with Crippen LogP contribution >= 0.6 is 0 Å². The first kappa shape index (κ1) is 18.2. The molecule has 1 aliphatic carbocycles. The van der Waals surface area contributed by atoms with Crippen molar-refractivity contribution in [3.05, 3.63) is 35.9 Å². The molecule has 5 nitrogen and oxygen atoms in total. The van der Waals surface area contributed by atoms with E-state index in [1.54, 1.807) is 0 Å². The van der Waals surface area contributed by atoms with E-state index >= 15 is 0 Å². The summed E-state index contributed by atoms with van der Waals surface area (Å²) in [7, 11) is 1.83. The standard InChI is InChI=1S/C20H31N3O2/c1-21-20(23-19-14-18(19)17-6-3-2-4-7-17)22-10-5-11-25-15-16-8-12-24-13-9-16/h2-4,6-7,16,18-19H,5,8-15H2,1H3,(H2,21,22,23). The van der Waals surface area contributed by atoms with Crippen molar-refractivity contribution in [3.63, 3.8) is 0 Å². The van der Waals surface area contributed by atoms with Crippen molar-refractivity contribution in [1.82, 2.24) is 10.6 Å². The number of nitrogens with zero attached hydrogens (tertiary/aromatic N) is 1. The molecule has 1 saturated carbocycles. The van der Waals surface area contributed by atoms with Gasteiger partial charge in [-0.05, 0) is 37.2 Å². The average Bonchev–Trinajstić information content (AvgIpc) is 3.44. The van der Waals surface area contributed by atoms with Gasteiger partial charge in [-0.25, -0.2) is 0 Å². The van der Waals surface area contributed by atoms with E-state index < -0.39 is 0 Å². The summed E-state index contributed by atoms with van der Waals surface area (Å²) in [4.78, 5) is 4.33. The van der Waals surface area contributed by atoms with Crippen LogP contribution in [0.2, 0.25) is 0 Å². The molecule has 1 heterocycles. The van der Waals surface area contributed by atoms with Crippen molar-refractivity contribution in [2.24, 2.45) is 10.9 Å². The second-order valence-electron chi connectivity index (χ2n) is 6.99. The van der Waals surface area contributed by atoms with Crippen LogP contribution in [0, 0.1) is 5.92 Å². The van der Waals surface area contributed by atoms with Gasteiger partial charge in [0.25, 0.3) is 0 Å². The van der Waals surface area contributed by atoms with Crippen LogP contribution in [0.15, 0.2) is 35.3 Å². The van der Waals surface area contributed by atoms with Gasteiger partial charge in [0.1, 0.15) is 0 Å². The molecule has 2 aliphatic rings. The van der Waals surface area contributed by atoms with E-state index in [2.05, 4.69) is 46.0 Å². The van der Waals surface area contributed by atoms with Gasteiger partial charge in [-0.2, -0.15) is 0 Å². The molecule has 2 N–H and O–H groups in total. The summed E-state index contributed by atoms with van der Waals surface area (Å²) in [6.45, 7) is 4.34. The van der Waals surface area contributed by atoms with Gasteiger partial charge in [-0.3, -0.25) is 4.99 Å². The highest BCUT2D eigenvalue weighted by molar-refractivity contribution is 5.80. The summed E-state index contributed by atoms with van der Waals surface area (Å²) in [5.41, 5.74) is 1.41. The molecular weight excluding hydrogens is 314 g/mol. The molecule has 1 aliphatic heterocycles. The number of nitrogens with one attached hydrogen (secondary N) is 2. The number of aliphatic imine (C=N–C) groups is 1. The minimum atomic E-state index is 0.498. The molecule has 138 valence electrons. The van der Waals surface area contributed by atoms with E-state index in [4.69, 9.17) is 9.47 Å². The predicted molar refractivity (Wildman–Crippen MR) is 101 cm³/mol. The van der Waals surface area contributed by atoms with E-state index in [1.165, 1.54) is 12.0 Å². The molecule has 0 aromatic heterocycles. The van der Waals surface area contributed by atoms with Crippen molar-refractivity contribution in [1.29, 1.82) is 0 Å². The molecule has 0 radical (unpaired) electrons. The smallest absolute Gasteiger partial charge is 0.191 e. The summed E-state index contributed by atoms with van der Waals surface area (Å²) in [5, 5.41) is 6.91. The van der Waals surface area contributed by atoms with Crippen LogP contribution in [0.3, 0.4) is 0 Å². The molecule has 0 amide bonds. The molecule has 1 aromatic carbocycles. The Hall–Kier alpha value is -1.59. The molecule has 1 saturated heterocycles. The van der Waals surface area contributed by atoms with Gasteiger partial charge in [0, 0.05) is 52.0 Å². The van der Waals surface area contributed by atoms with Gasteiger partial charge >= 0.3 is 0 Å². The predicted octanol–water partition coefficient (Wildman–Crippen LogP) is 2.54. The molecule has 0 bridgehead atoms. The van der Waals surface area contributed by atoms with E-state index in [9.17, 15) is 0 Å². The monoisotopic (exact) mass is 345 g/mol. The lowest BCUT2D eigenvalue weighted by Gasteiger charge is -2.21. The van der Waals surface area contributed by atoms with Crippen LogP contribution in [0.25, 0.3) is 0 Å². The maximum atomic E-state index is 5.80. The average molecular weight is 345 g/mol. The third kappa shape index (κ3) is 6.01. The molecule has 5 heteroatoms. The van der Waals surface area contributed by atoms with Gasteiger partial charge in [0.2, 0.25) is 0 Å². The van der Waals surface area contributed by atoms with Crippen LogP contribution in [-0.2, 0) is 9.47 Å². The fraction of sp³-hybridized carbons (Fsp3) is 0.650. The fourth-order valence-corrected chi connectivity index (χ4v) is 3.34. The normalized spacial score (nSPS) is 24.1. The maximum absolute atomic E-state index is 5.80. The van der Waals surface area contributed by atoms with Crippen molar-refractivity contribution in [2.45, 2.75) is 37.6 Å². The highest BCUT2D eigenvalue weighted by Crippen LogP contribution is 2.40. The van der Waals surface area contributed by atoms with Crippen LogP contribution in [0.1, 0.15) is 37.2 Å². The Morgan fingerprint density at radius 2 is 2.04 bits per heavy atom. The minimum Gasteiger partial charge on any atom is -0.381 e. The Labute approximate surface area is 151 Å². The molecule has 25 heavy (non-hydrogen) atoms. The van der Waals surface area contributed by atoms with Crippen molar-refractivity contribution >= 4 is 5.96 Å². The SMILES string of the molecule is CN=C(NCCCOCC1CCOCC1)NC1CC1c1ccccc1. The molecule has 2 unspecified atom stereocenters. The first-order valence-corrected chi connectivity index (χ1v) is 9.54. The van der Waals surface area contributed by atoms with Gasteiger partial charge < -0.3 is 20.1 Å². The maximum Gasteiger partial charge on any atom is 0.191 e. The van der Waals surface area contributed by atoms with Gasteiger partial charge in [-0.1, -0.05) is 30.3 Å². The van der Waals surface area contributed by atoms with Crippen molar-refractivity contribution in [2.75, 3.05) is 40.0 Å². The fourth-order valence-electron chi connectivity index (χ4n) is 3.34. The van der Waals surface area contributed by atoms with E-state index in [0.717, 1.165) is 58.2 Å². The molecule has 2 atom stereocenters. The lowest BCUT2D eigenvalue weighted by Crippen LogP contribution is -2.39. The third-order valence-electron chi connectivity index (χ3n) is 5.02. The largest absolute Gasteiger partial charge is 0.381 e. The third-order valence-corrected chi connectivity index (χ3v) is 5.02. The Bertz CT molecular complexity index is 529. The highest BCUT2D eigenvalue weighted by Gasteiger charge is 2.38. The van der Waals surface area contributed by atoms with Crippen LogP contribution in [0.4, 0.5) is 0 Å². The van der Waals surface area contributed by atoms with Crippen LogP contribution in [-0.4, -0.2) is 52.0 Å². The summed E-state index contributed by atoms with van der Waals surface area (Å²) < 4.78 is 11.2. The summed E-state index contributed by atoms with van der Waals surface area (Å²) >= 11 is 0. The lowest BCUT2D eigenvalue weighted by atomic mass is 10.0. The Morgan fingerprint density at radius 3 is 2.80 bits per heavy atom. The van der Waals surface area contributed by atoms with Gasteiger partial charge in [-0.15, -0.1) is 0 Å². The zero-order valence-corrected chi connectivity index (χ0v) is 15.2. The minimum absolute atomic E-state index is 0.498. The molecular formula is C20H31N3O2. The summed E-state index contributed by atoms with van der Waals surface area (Å²) in [6, 6.07) is 11.2. The van der Waals surface area contributed by atoms with Gasteiger partial charge in [0.15, 0.2) is 5.96 Å². The quantitative estimate of drug-likeness (QED) is 0.432. The van der Waals surface area contributed by atoms with Crippen LogP contribution in [0.5, 0.6) is 0 Å². The number of hydrogen-bond donors (Lipinski definition) is 2. The second-order valence-corrected chi connectivity index (χ2v) is 6.99. The number of guanidine groups is 1. The van der Waals surface area contributed by atoms with E-state index in [-0.39, 0.29) is 0 Å². The van der Waals surface area contributed by atoms with Crippen molar-refractivity contribution < 1.29 is 9.47 Å². The number of hydrogen-bond acceptors (Lipinski definition) is 3. The Morgan fingerprint density at radius 1 is 1.24 bits per heavy atom.